The van der Waals surface area contributed by atoms with Gasteiger partial charge in [0.1, 0.15) is 0 Å². The van der Waals surface area contributed by atoms with Crippen LogP contribution in [0.2, 0.25) is 0 Å². The number of carbonyl (C=O) groups excluding carboxylic acids is 2. The first-order valence-corrected chi connectivity index (χ1v) is 8.48. The number of nitrogens with zero attached hydrogens (tertiary/aromatic N) is 1. The Morgan fingerprint density at radius 3 is 2.58 bits per heavy atom. The van der Waals surface area contributed by atoms with Gasteiger partial charge >= 0.3 is 0 Å². The maximum absolute atomic E-state index is 12.7. The number of hydrogen-bond donors (Lipinski definition) is 1. The third-order valence-corrected chi connectivity index (χ3v) is 4.47. The second kappa shape index (κ2) is 7.47. The van der Waals surface area contributed by atoms with Gasteiger partial charge in [0.05, 0.1) is 19.8 Å². The van der Waals surface area contributed by atoms with Crippen molar-refractivity contribution in [2.24, 2.45) is 0 Å². The van der Waals surface area contributed by atoms with Gasteiger partial charge in [0.2, 0.25) is 5.91 Å². The third kappa shape index (κ3) is 3.35. The number of carbonyl (C=O) groups is 2. The molecule has 2 amide bonds. The first kappa shape index (κ1) is 17.8. The van der Waals surface area contributed by atoms with Crippen molar-refractivity contribution in [1.82, 2.24) is 0 Å². The van der Waals surface area contributed by atoms with Gasteiger partial charge in [-0.3, -0.25) is 9.59 Å². The Labute approximate surface area is 152 Å². The number of methoxy groups -OCH3 is 2. The van der Waals surface area contributed by atoms with Gasteiger partial charge in [0.15, 0.2) is 11.5 Å². The Kier molecular flexibility index (Phi) is 5.11. The molecule has 3 rings (SSSR count). The van der Waals surface area contributed by atoms with E-state index in [1.807, 2.05) is 19.1 Å². The quantitative estimate of drug-likeness (QED) is 0.894. The Hall–Kier alpha value is -3.02. The molecule has 1 aliphatic heterocycles. The molecular weight excluding hydrogens is 332 g/mol. The van der Waals surface area contributed by atoms with Gasteiger partial charge < -0.3 is 19.7 Å². The summed E-state index contributed by atoms with van der Waals surface area (Å²) in [7, 11) is 3.03. The molecule has 0 aromatic heterocycles. The molecule has 0 atom stereocenters. The van der Waals surface area contributed by atoms with Crippen molar-refractivity contribution in [3.05, 3.63) is 47.5 Å². The van der Waals surface area contributed by atoms with E-state index in [0.29, 0.717) is 29.2 Å². The minimum Gasteiger partial charge on any atom is -0.493 e. The van der Waals surface area contributed by atoms with E-state index < -0.39 is 0 Å². The molecule has 1 heterocycles. The lowest BCUT2D eigenvalue weighted by Crippen LogP contribution is -2.24. The van der Waals surface area contributed by atoms with E-state index in [0.717, 1.165) is 24.2 Å². The molecule has 136 valence electrons. The summed E-state index contributed by atoms with van der Waals surface area (Å²) >= 11 is 0. The van der Waals surface area contributed by atoms with E-state index >= 15 is 0 Å². The van der Waals surface area contributed by atoms with Gasteiger partial charge in [0.25, 0.3) is 5.91 Å². The van der Waals surface area contributed by atoms with E-state index in [9.17, 15) is 9.59 Å². The van der Waals surface area contributed by atoms with Crippen molar-refractivity contribution < 1.29 is 19.1 Å². The van der Waals surface area contributed by atoms with Crippen molar-refractivity contribution in [3.8, 4) is 11.5 Å². The second-order valence-corrected chi connectivity index (χ2v) is 6.15. The largest absolute Gasteiger partial charge is 0.493 e. The Morgan fingerprint density at radius 1 is 1.15 bits per heavy atom. The standard InChI is InChI=1S/C20H22N2O4/c1-13-12-14(9-10-16(13)22-11-5-8-18(22)23)21-20(24)15-6-4-7-17(25-2)19(15)26-3/h4,6-7,9-10,12H,5,8,11H2,1-3H3,(H,21,24). The number of amides is 2. The summed E-state index contributed by atoms with van der Waals surface area (Å²) in [6.07, 6.45) is 1.47. The minimum atomic E-state index is -0.287. The molecule has 2 aromatic rings. The number of hydrogen-bond acceptors (Lipinski definition) is 4. The fourth-order valence-electron chi connectivity index (χ4n) is 3.20. The van der Waals surface area contributed by atoms with Gasteiger partial charge in [-0.15, -0.1) is 0 Å². The van der Waals surface area contributed by atoms with Gasteiger partial charge in [-0.2, -0.15) is 0 Å². The molecule has 0 radical (unpaired) electrons. The maximum Gasteiger partial charge on any atom is 0.259 e. The van der Waals surface area contributed by atoms with E-state index in [2.05, 4.69) is 5.32 Å². The van der Waals surface area contributed by atoms with Gasteiger partial charge in [-0.1, -0.05) is 6.07 Å². The predicted molar refractivity (Wildman–Crippen MR) is 100 cm³/mol. The highest BCUT2D eigenvalue weighted by Crippen LogP contribution is 2.32. The monoisotopic (exact) mass is 354 g/mol. The van der Waals surface area contributed by atoms with Crippen LogP contribution in [0.5, 0.6) is 11.5 Å². The molecule has 0 saturated carbocycles. The Balaban J connectivity index is 1.82. The van der Waals surface area contributed by atoms with Crippen molar-refractivity contribution in [2.75, 3.05) is 31.0 Å². The summed E-state index contributed by atoms with van der Waals surface area (Å²) in [5, 5.41) is 2.88. The molecule has 0 unspecified atom stereocenters. The smallest absolute Gasteiger partial charge is 0.259 e. The van der Waals surface area contributed by atoms with Crippen LogP contribution in [0.3, 0.4) is 0 Å². The summed E-state index contributed by atoms with van der Waals surface area (Å²) in [6, 6.07) is 10.7. The minimum absolute atomic E-state index is 0.144. The van der Waals surface area contributed by atoms with E-state index in [1.165, 1.54) is 14.2 Å². The maximum atomic E-state index is 12.7. The van der Waals surface area contributed by atoms with E-state index in [1.54, 1.807) is 29.2 Å². The number of ether oxygens (including phenoxy) is 2. The predicted octanol–water partition coefficient (Wildman–Crippen LogP) is 3.39. The van der Waals surface area contributed by atoms with Gasteiger partial charge in [-0.05, 0) is 49.2 Å². The SMILES string of the molecule is COc1cccc(C(=O)Nc2ccc(N3CCCC3=O)c(C)c2)c1OC. The first-order valence-electron chi connectivity index (χ1n) is 8.48. The molecule has 1 aliphatic rings. The van der Waals surface area contributed by atoms with Crippen LogP contribution in [-0.2, 0) is 4.79 Å². The number of para-hydroxylation sites is 1. The molecule has 2 aromatic carbocycles. The number of nitrogens with one attached hydrogen (secondary N) is 1. The van der Waals surface area contributed by atoms with E-state index in [4.69, 9.17) is 9.47 Å². The number of aryl methyl sites for hydroxylation is 1. The van der Waals surface area contributed by atoms with Crippen molar-refractivity contribution in [1.29, 1.82) is 0 Å². The molecule has 1 fully saturated rings. The van der Waals surface area contributed by atoms with Crippen molar-refractivity contribution in [3.63, 3.8) is 0 Å². The zero-order valence-electron chi connectivity index (χ0n) is 15.2. The second-order valence-electron chi connectivity index (χ2n) is 6.15. The highest BCUT2D eigenvalue weighted by Gasteiger charge is 2.23. The summed E-state index contributed by atoms with van der Waals surface area (Å²) < 4.78 is 10.6. The lowest BCUT2D eigenvalue weighted by atomic mass is 10.1. The molecule has 0 spiro atoms. The lowest BCUT2D eigenvalue weighted by molar-refractivity contribution is -0.117. The highest BCUT2D eigenvalue weighted by atomic mass is 16.5. The lowest BCUT2D eigenvalue weighted by Gasteiger charge is -2.19. The van der Waals surface area contributed by atoms with E-state index in [-0.39, 0.29) is 11.8 Å². The molecule has 26 heavy (non-hydrogen) atoms. The number of anilines is 2. The summed E-state index contributed by atoms with van der Waals surface area (Å²) in [4.78, 5) is 26.4. The summed E-state index contributed by atoms with van der Waals surface area (Å²) in [5.41, 5.74) is 2.89. The fourth-order valence-corrected chi connectivity index (χ4v) is 3.20. The van der Waals surface area contributed by atoms with Crippen LogP contribution in [0.4, 0.5) is 11.4 Å². The average molecular weight is 354 g/mol. The van der Waals surface area contributed by atoms with Gasteiger partial charge in [0, 0.05) is 24.3 Å². The molecule has 6 heteroatoms. The number of benzene rings is 2. The Bertz CT molecular complexity index is 848. The normalized spacial score (nSPS) is 13.7. The van der Waals surface area contributed by atoms with Gasteiger partial charge in [-0.25, -0.2) is 0 Å². The zero-order valence-corrected chi connectivity index (χ0v) is 15.2. The van der Waals surface area contributed by atoms with Crippen molar-refractivity contribution in [2.45, 2.75) is 19.8 Å². The van der Waals surface area contributed by atoms with Crippen LogP contribution < -0.4 is 19.7 Å². The first-order chi connectivity index (χ1) is 12.5. The molecule has 1 saturated heterocycles. The number of rotatable bonds is 5. The Morgan fingerprint density at radius 2 is 1.96 bits per heavy atom. The van der Waals surface area contributed by atoms with Crippen molar-refractivity contribution >= 4 is 23.2 Å². The zero-order chi connectivity index (χ0) is 18.7. The van der Waals surface area contributed by atoms with Crippen LogP contribution in [0, 0.1) is 6.92 Å². The third-order valence-electron chi connectivity index (χ3n) is 4.47. The average Bonchev–Trinajstić information content (AvgIpc) is 3.06. The highest BCUT2D eigenvalue weighted by molar-refractivity contribution is 6.07. The van der Waals surface area contributed by atoms with Crippen LogP contribution >= 0.6 is 0 Å². The summed E-state index contributed by atoms with van der Waals surface area (Å²) in [6.45, 7) is 2.68. The fraction of sp³-hybridized carbons (Fsp3) is 0.300. The topological polar surface area (TPSA) is 67.9 Å². The molecule has 0 aliphatic carbocycles. The molecule has 6 nitrogen and oxygen atoms in total. The van der Waals surface area contributed by atoms with Crippen LogP contribution in [0.25, 0.3) is 0 Å². The molecular formula is C20H22N2O4. The van der Waals surface area contributed by atoms with Crippen LogP contribution in [-0.4, -0.2) is 32.6 Å². The summed E-state index contributed by atoms with van der Waals surface area (Å²) in [5.74, 6) is 0.749. The van der Waals surface area contributed by atoms with Crippen LogP contribution in [0.1, 0.15) is 28.8 Å². The van der Waals surface area contributed by atoms with Crippen LogP contribution in [0.15, 0.2) is 36.4 Å². The molecule has 1 N–H and O–H groups in total. The molecule has 0 bridgehead atoms.